The van der Waals surface area contributed by atoms with Gasteiger partial charge in [0.1, 0.15) is 5.82 Å². The minimum Gasteiger partial charge on any atom is -0.310 e. The summed E-state index contributed by atoms with van der Waals surface area (Å²) < 4.78 is 13.1. The van der Waals surface area contributed by atoms with Crippen molar-refractivity contribution in [3.63, 3.8) is 0 Å². The molecule has 1 aliphatic carbocycles. The molecule has 0 radical (unpaired) electrons. The molecule has 1 nitrogen and oxygen atoms in total. The summed E-state index contributed by atoms with van der Waals surface area (Å²) in [7, 11) is 0. The third-order valence-corrected chi connectivity index (χ3v) is 5.02. The van der Waals surface area contributed by atoms with E-state index < -0.39 is 0 Å². The topological polar surface area (TPSA) is 12.0 Å². The van der Waals surface area contributed by atoms with Crippen LogP contribution in [-0.4, -0.2) is 23.6 Å². The maximum Gasteiger partial charge on any atom is 0.123 e. The van der Waals surface area contributed by atoms with E-state index in [4.69, 9.17) is 0 Å². The summed E-state index contributed by atoms with van der Waals surface area (Å²) in [5, 5.41) is 3.72. The molecule has 3 heteroatoms. The van der Waals surface area contributed by atoms with Crippen molar-refractivity contribution in [1.82, 2.24) is 5.32 Å². The minimum atomic E-state index is -0.105. The second-order valence-electron chi connectivity index (χ2n) is 5.15. The highest BCUT2D eigenvalue weighted by molar-refractivity contribution is 7.99. The van der Waals surface area contributed by atoms with E-state index >= 15 is 0 Å². The summed E-state index contributed by atoms with van der Waals surface area (Å²) in [6, 6.07) is 8.46. The van der Waals surface area contributed by atoms with Gasteiger partial charge in [0.05, 0.1) is 0 Å². The quantitative estimate of drug-likeness (QED) is 0.885. The van der Waals surface area contributed by atoms with E-state index in [0.29, 0.717) is 12.0 Å². The fraction of sp³-hybridized carbons (Fsp3) is 0.571. The Morgan fingerprint density at radius 1 is 1.24 bits per heavy atom. The summed E-state index contributed by atoms with van der Waals surface area (Å²) >= 11 is 2.05. The van der Waals surface area contributed by atoms with Crippen molar-refractivity contribution in [3.8, 4) is 0 Å². The molecular weight excluding hydrogens is 233 g/mol. The van der Waals surface area contributed by atoms with E-state index in [0.717, 1.165) is 6.04 Å². The Labute approximate surface area is 106 Å². The Kier molecular flexibility index (Phi) is 3.39. The molecule has 17 heavy (non-hydrogen) atoms. The fourth-order valence-electron chi connectivity index (χ4n) is 2.79. The molecule has 3 rings (SSSR count). The van der Waals surface area contributed by atoms with Gasteiger partial charge in [-0.1, -0.05) is 12.1 Å². The Bertz CT molecular complexity index is 384. The SMILES string of the molecule is Fc1cccc(C2CC(NC3CCSC3)C2)c1. The average molecular weight is 251 g/mol. The number of hydrogen-bond donors (Lipinski definition) is 1. The molecule has 0 amide bonds. The lowest BCUT2D eigenvalue weighted by molar-refractivity contribution is 0.270. The van der Waals surface area contributed by atoms with Crippen molar-refractivity contribution < 1.29 is 4.39 Å². The van der Waals surface area contributed by atoms with E-state index in [1.54, 1.807) is 6.07 Å². The molecule has 1 aliphatic heterocycles. The first-order valence-corrected chi connectivity index (χ1v) is 7.56. The van der Waals surface area contributed by atoms with Crippen LogP contribution in [0, 0.1) is 5.82 Å². The van der Waals surface area contributed by atoms with Gasteiger partial charge < -0.3 is 5.32 Å². The monoisotopic (exact) mass is 251 g/mol. The zero-order valence-corrected chi connectivity index (χ0v) is 10.7. The molecule has 2 fully saturated rings. The molecule has 1 aromatic rings. The largest absolute Gasteiger partial charge is 0.310 e. The van der Waals surface area contributed by atoms with E-state index in [2.05, 4.69) is 11.4 Å². The van der Waals surface area contributed by atoms with Gasteiger partial charge in [-0.15, -0.1) is 0 Å². The fourth-order valence-corrected chi connectivity index (χ4v) is 3.95. The standard InChI is InChI=1S/C14H18FNS/c15-12-3-1-2-10(6-12)11-7-14(8-11)16-13-4-5-17-9-13/h1-3,6,11,13-14,16H,4-5,7-9H2. The van der Waals surface area contributed by atoms with Gasteiger partial charge in [0.15, 0.2) is 0 Å². The highest BCUT2D eigenvalue weighted by Gasteiger charge is 2.32. The van der Waals surface area contributed by atoms with E-state index in [1.807, 2.05) is 17.8 Å². The van der Waals surface area contributed by atoms with Crippen molar-refractivity contribution in [3.05, 3.63) is 35.6 Å². The molecule has 92 valence electrons. The highest BCUT2D eigenvalue weighted by atomic mass is 32.2. The van der Waals surface area contributed by atoms with Crippen LogP contribution in [0.15, 0.2) is 24.3 Å². The predicted molar refractivity (Wildman–Crippen MR) is 71.0 cm³/mol. The second kappa shape index (κ2) is 4.99. The van der Waals surface area contributed by atoms with Gasteiger partial charge in [-0.05, 0) is 48.6 Å². The third-order valence-electron chi connectivity index (χ3n) is 3.86. The Balaban J connectivity index is 1.50. The van der Waals surface area contributed by atoms with Crippen molar-refractivity contribution in [2.45, 2.75) is 37.3 Å². The number of halogens is 1. The molecule has 0 bridgehead atoms. The van der Waals surface area contributed by atoms with Crippen LogP contribution in [0.1, 0.15) is 30.7 Å². The smallest absolute Gasteiger partial charge is 0.123 e. The molecule has 1 N–H and O–H groups in total. The minimum absolute atomic E-state index is 0.105. The first-order valence-electron chi connectivity index (χ1n) is 6.40. The molecule has 1 aromatic carbocycles. The van der Waals surface area contributed by atoms with Gasteiger partial charge in [-0.3, -0.25) is 0 Å². The molecule has 1 unspecified atom stereocenters. The van der Waals surface area contributed by atoms with Gasteiger partial charge in [-0.25, -0.2) is 4.39 Å². The zero-order chi connectivity index (χ0) is 11.7. The van der Waals surface area contributed by atoms with Crippen LogP contribution in [0.5, 0.6) is 0 Å². The van der Waals surface area contributed by atoms with E-state index in [-0.39, 0.29) is 5.82 Å². The van der Waals surface area contributed by atoms with Crippen LogP contribution in [-0.2, 0) is 0 Å². The van der Waals surface area contributed by atoms with Crippen molar-refractivity contribution in [2.75, 3.05) is 11.5 Å². The maximum absolute atomic E-state index is 13.1. The highest BCUT2D eigenvalue weighted by Crippen LogP contribution is 2.37. The second-order valence-corrected chi connectivity index (χ2v) is 6.30. The van der Waals surface area contributed by atoms with Crippen LogP contribution >= 0.6 is 11.8 Å². The molecule has 1 atom stereocenters. The Morgan fingerprint density at radius 2 is 2.12 bits per heavy atom. The van der Waals surface area contributed by atoms with Crippen LogP contribution in [0.2, 0.25) is 0 Å². The first kappa shape index (κ1) is 11.5. The number of benzene rings is 1. The average Bonchev–Trinajstić information content (AvgIpc) is 2.75. The summed E-state index contributed by atoms with van der Waals surface area (Å²) in [6.45, 7) is 0. The molecule has 0 aromatic heterocycles. The Hall–Kier alpha value is -0.540. The van der Waals surface area contributed by atoms with Gasteiger partial charge in [-0.2, -0.15) is 11.8 Å². The summed E-state index contributed by atoms with van der Waals surface area (Å²) in [5.41, 5.74) is 1.17. The number of rotatable bonds is 3. The summed E-state index contributed by atoms with van der Waals surface area (Å²) in [4.78, 5) is 0. The van der Waals surface area contributed by atoms with Crippen molar-refractivity contribution >= 4 is 11.8 Å². The lowest BCUT2D eigenvalue weighted by Gasteiger charge is -2.38. The molecular formula is C14H18FNS. The van der Waals surface area contributed by atoms with Crippen LogP contribution < -0.4 is 5.32 Å². The van der Waals surface area contributed by atoms with Crippen molar-refractivity contribution in [2.24, 2.45) is 0 Å². The van der Waals surface area contributed by atoms with Crippen molar-refractivity contribution in [1.29, 1.82) is 0 Å². The number of thioether (sulfide) groups is 1. The lowest BCUT2D eigenvalue weighted by Crippen LogP contribution is -2.45. The lowest BCUT2D eigenvalue weighted by atomic mass is 9.75. The normalized spacial score (nSPS) is 32.4. The van der Waals surface area contributed by atoms with E-state index in [9.17, 15) is 4.39 Å². The molecule has 2 aliphatic rings. The zero-order valence-electron chi connectivity index (χ0n) is 9.86. The number of hydrogen-bond acceptors (Lipinski definition) is 2. The molecule has 0 spiro atoms. The predicted octanol–water partition coefficient (Wildman–Crippen LogP) is 3.17. The molecule has 1 saturated heterocycles. The Morgan fingerprint density at radius 3 is 2.82 bits per heavy atom. The van der Waals surface area contributed by atoms with Gasteiger partial charge in [0.2, 0.25) is 0 Å². The number of nitrogens with one attached hydrogen (secondary N) is 1. The van der Waals surface area contributed by atoms with Gasteiger partial charge >= 0.3 is 0 Å². The van der Waals surface area contributed by atoms with Gasteiger partial charge in [0.25, 0.3) is 0 Å². The van der Waals surface area contributed by atoms with Crippen LogP contribution in [0.4, 0.5) is 4.39 Å². The summed E-state index contributed by atoms with van der Waals surface area (Å²) in [6.07, 6.45) is 3.65. The third kappa shape index (κ3) is 2.66. The maximum atomic E-state index is 13.1. The molecule has 1 saturated carbocycles. The van der Waals surface area contributed by atoms with E-state index in [1.165, 1.54) is 42.4 Å². The van der Waals surface area contributed by atoms with Gasteiger partial charge in [0, 0.05) is 17.8 Å². The molecule has 1 heterocycles. The summed E-state index contributed by atoms with van der Waals surface area (Å²) in [5.74, 6) is 3.03. The van der Waals surface area contributed by atoms with Crippen LogP contribution in [0.3, 0.4) is 0 Å². The first-order chi connectivity index (χ1) is 8.31. The van der Waals surface area contributed by atoms with Crippen LogP contribution in [0.25, 0.3) is 0 Å².